The summed E-state index contributed by atoms with van der Waals surface area (Å²) in [5.74, 6) is -0.805. The van der Waals surface area contributed by atoms with Crippen molar-refractivity contribution in [3.05, 3.63) is 85.1 Å². The van der Waals surface area contributed by atoms with Gasteiger partial charge in [-0.3, -0.25) is 18.9 Å². The number of carbonyl (C=O) groups is 3. The minimum absolute atomic E-state index is 0.0604. The number of quaternary nitrogens is 1. The highest BCUT2D eigenvalue weighted by molar-refractivity contribution is 7.45. The molecule has 11 heteroatoms. The molecule has 10 nitrogen and oxygen atoms in total. The minimum atomic E-state index is -4.67. The number of rotatable bonds is 39. The van der Waals surface area contributed by atoms with Crippen molar-refractivity contribution in [3.63, 3.8) is 0 Å². The molecule has 0 N–H and O–H groups in total. The molecule has 0 aromatic rings. The van der Waals surface area contributed by atoms with E-state index in [0.29, 0.717) is 36.7 Å². The van der Waals surface area contributed by atoms with E-state index in [2.05, 4.69) is 62.5 Å². The van der Waals surface area contributed by atoms with Crippen LogP contribution in [-0.2, 0) is 37.5 Å². The molecular weight excluding hydrogens is 765 g/mol. The second kappa shape index (κ2) is 39.0. The average Bonchev–Trinajstić information content (AvgIpc) is 3.18. The van der Waals surface area contributed by atoms with E-state index >= 15 is 0 Å². The number of likely N-dealkylation sites (N-methyl/N-ethyl adjacent to an activating group) is 1. The highest BCUT2D eigenvalue weighted by Crippen LogP contribution is 2.38. The lowest BCUT2D eigenvalue weighted by molar-refractivity contribution is -0.870. The van der Waals surface area contributed by atoms with E-state index in [1.807, 2.05) is 45.4 Å². The Morgan fingerprint density at radius 1 is 0.576 bits per heavy atom. The van der Waals surface area contributed by atoms with E-state index < -0.39 is 32.5 Å². The number of phosphoric ester groups is 1. The van der Waals surface area contributed by atoms with Gasteiger partial charge in [0.25, 0.3) is 7.82 Å². The van der Waals surface area contributed by atoms with Crippen LogP contribution in [0.5, 0.6) is 0 Å². The van der Waals surface area contributed by atoms with Gasteiger partial charge >= 0.3 is 11.9 Å². The molecule has 0 heterocycles. The SMILES string of the molecule is CCCCC/C=C\C/C=C\C/C=C\CCCCCCC(=O)OC[C@H](COP(=O)([O-])OCC[N+](C)(C)C)OC(=O)CCC/C=C\C/C=C\C/C=C\C=C\C(=O)CCCCC. The molecule has 0 saturated carbocycles. The topological polar surface area (TPSA) is 128 Å². The molecule has 0 bridgehead atoms. The number of esters is 2. The van der Waals surface area contributed by atoms with E-state index in [1.54, 1.807) is 12.2 Å². The Hall–Kier alpha value is -3.14. The molecule has 2 atom stereocenters. The van der Waals surface area contributed by atoms with E-state index in [1.165, 1.54) is 25.7 Å². The molecule has 0 aromatic heterocycles. The van der Waals surface area contributed by atoms with Crippen molar-refractivity contribution in [1.29, 1.82) is 0 Å². The van der Waals surface area contributed by atoms with Crippen molar-refractivity contribution in [2.45, 2.75) is 155 Å². The van der Waals surface area contributed by atoms with Crippen LogP contribution < -0.4 is 4.89 Å². The highest BCUT2D eigenvalue weighted by Gasteiger charge is 2.21. The molecule has 0 aliphatic carbocycles. The summed E-state index contributed by atoms with van der Waals surface area (Å²) in [5.41, 5.74) is 0. The van der Waals surface area contributed by atoms with Crippen LogP contribution >= 0.6 is 7.82 Å². The van der Waals surface area contributed by atoms with Crippen LogP contribution in [0.3, 0.4) is 0 Å². The van der Waals surface area contributed by atoms with Gasteiger partial charge in [-0.2, -0.15) is 0 Å². The fraction of sp³-hybridized carbons (Fsp3) is 0.646. The number of phosphoric acid groups is 1. The molecule has 0 aliphatic rings. The summed E-state index contributed by atoms with van der Waals surface area (Å²) in [6, 6.07) is 0. The summed E-state index contributed by atoms with van der Waals surface area (Å²) in [5, 5.41) is 0. The number of unbranched alkanes of at least 4 members (excludes halogenated alkanes) is 10. The van der Waals surface area contributed by atoms with Gasteiger partial charge in [0, 0.05) is 19.3 Å². The van der Waals surface area contributed by atoms with Crippen molar-refractivity contribution >= 4 is 25.5 Å². The zero-order valence-corrected chi connectivity index (χ0v) is 38.3. The third-order valence-electron chi connectivity index (χ3n) is 8.86. The maximum Gasteiger partial charge on any atom is 0.306 e. The number of hydrogen-bond acceptors (Lipinski definition) is 9. The Bertz CT molecular complexity index is 1340. The first-order valence-corrected chi connectivity index (χ1v) is 23.7. The summed E-state index contributed by atoms with van der Waals surface area (Å²) in [6.07, 6.45) is 46.0. The predicted octanol–water partition coefficient (Wildman–Crippen LogP) is 11.3. The largest absolute Gasteiger partial charge is 0.756 e. The molecule has 0 saturated heterocycles. The Morgan fingerprint density at radius 3 is 1.69 bits per heavy atom. The molecule has 0 amide bonds. The van der Waals surface area contributed by atoms with Crippen molar-refractivity contribution < 1.29 is 46.8 Å². The number of hydrogen-bond donors (Lipinski definition) is 0. The van der Waals surface area contributed by atoms with Gasteiger partial charge in [0.2, 0.25) is 0 Å². The summed E-state index contributed by atoms with van der Waals surface area (Å²) in [6.45, 7) is 3.90. The lowest BCUT2D eigenvalue weighted by atomic mass is 10.1. The van der Waals surface area contributed by atoms with Crippen LogP contribution in [0.25, 0.3) is 0 Å². The van der Waals surface area contributed by atoms with Crippen LogP contribution in [-0.4, -0.2) is 75.8 Å². The van der Waals surface area contributed by atoms with Crippen molar-refractivity contribution in [1.82, 2.24) is 0 Å². The quantitative estimate of drug-likeness (QED) is 0.0113. The third-order valence-corrected chi connectivity index (χ3v) is 9.83. The van der Waals surface area contributed by atoms with E-state index in [4.69, 9.17) is 18.5 Å². The second-order valence-corrected chi connectivity index (χ2v) is 17.1. The molecule has 0 spiro atoms. The average molecular weight is 846 g/mol. The molecule has 59 heavy (non-hydrogen) atoms. The fourth-order valence-corrected chi connectivity index (χ4v) is 6.04. The number of nitrogens with zero attached hydrogens (tertiary/aromatic N) is 1. The fourth-order valence-electron chi connectivity index (χ4n) is 5.31. The Balaban J connectivity index is 4.56. The zero-order valence-electron chi connectivity index (χ0n) is 37.4. The number of allylic oxidation sites excluding steroid dienone is 14. The zero-order chi connectivity index (χ0) is 43.7. The molecule has 0 aliphatic heterocycles. The molecule has 0 fully saturated rings. The summed E-state index contributed by atoms with van der Waals surface area (Å²) in [7, 11) is 1.06. The predicted molar refractivity (Wildman–Crippen MR) is 241 cm³/mol. The van der Waals surface area contributed by atoms with Gasteiger partial charge in [-0.1, -0.05) is 131 Å². The van der Waals surface area contributed by atoms with Crippen molar-refractivity contribution in [3.8, 4) is 0 Å². The van der Waals surface area contributed by atoms with Crippen molar-refractivity contribution in [2.24, 2.45) is 0 Å². The van der Waals surface area contributed by atoms with Gasteiger partial charge in [-0.05, 0) is 83.1 Å². The van der Waals surface area contributed by atoms with Gasteiger partial charge in [0.15, 0.2) is 11.9 Å². The Labute approximate surface area is 358 Å². The molecule has 336 valence electrons. The van der Waals surface area contributed by atoms with Crippen LogP contribution in [0.1, 0.15) is 149 Å². The third kappa shape index (κ3) is 42.8. The van der Waals surface area contributed by atoms with Crippen molar-refractivity contribution in [2.75, 3.05) is 47.5 Å². The summed E-state index contributed by atoms with van der Waals surface area (Å²) >= 11 is 0. The van der Waals surface area contributed by atoms with Gasteiger partial charge in [-0.25, -0.2) is 0 Å². The van der Waals surface area contributed by atoms with Gasteiger partial charge in [0.1, 0.15) is 19.8 Å². The number of ether oxygens (including phenoxy) is 2. The molecule has 0 radical (unpaired) electrons. The maximum atomic E-state index is 12.7. The minimum Gasteiger partial charge on any atom is -0.756 e. The monoisotopic (exact) mass is 846 g/mol. The van der Waals surface area contributed by atoms with Gasteiger partial charge < -0.3 is 27.9 Å². The van der Waals surface area contributed by atoms with Crippen LogP contribution in [0.2, 0.25) is 0 Å². The first-order valence-electron chi connectivity index (χ1n) is 22.2. The van der Waals surface area contributed by atoms with Crippen LogP contribution in [0.4, 0.5) is 0 Å². The Kier molecular flexibility index (Phi) is 36.9. The highest BCUT2D eigenvalue weighted by atomic mass is 31.2. The number of ketones is 1. The molecule has 0 aromatic carbocycles. The van der Waals surface area contributed by atoms with E-state index in [9.17, 15) is 23.8 Å². The Morgan fingerprint density at radius 2 is 1.08 bits per heavy atom. The maximum absolute atomic E-state index is 12.7. The lowest BCUT2D eigenvalue weighted by Gasteiger charge is -2.28. The van der Waals surface area contributed by atoms with E-state index in [0.717, 1.165) is 70.6 Å². The summed E-state index contributed by atoms with van der Waals surface area (Å²) < 4.78 is 33.8. The first-order chi connectivity index (χ1) is 28.4. The lowest BCUT2D eigenvalue weighted by Crippen LogP contribution is -2.37. The smallest absolute Gasteiger partial charge is 0.306 e. The van der Waals surface area contributed by atoms with E-state index in [-0.39, 0.29) is 31.8 Å². The number of carbonyl (C=O) groups excluding carboxylic acids is 3. The molecular formula is C48H80NO9P. The molecule has 0 rings (SSSR count). The van der Waals surface area contributed by atoms with Gasteiger partial charge in [0.05, 0.1) is 27.7 Å². The van der Waals surface area contributed by atoms with Crippen LogP contribution in [0.15, 0.2) is 85.1 Å². The normalized spacial score (nSPS) is 14.3. The second-order valence-electron chi connectivity index (χ2n) is 15.7. The molecule has 1 unspecified atom stereocenters. The van der Waals surface area contributed by atoms with Gasteiger partial charge in [-0.15, -0.1) is 0 Å². The first kappa shape index (κ1) is 55.9. The summed E-state index contributed by atoms with van der Waals surface area (Å²) in [4.78, 5) is 49.3. The standard InChI is InChI=1S/C48H80NO9P/c1-6-8-10-11-12-13-14-15-16-17-18-19-22-25-28-31-35-39-47(51)55-43-46(44-57-59(53,54)56-42-41-49(3,4)5)58-48(52)40-36-32-29-26-23-20-21-24-27-30-34-38-45(50)37-33-9-7-2/h12-13,15-16,18-21,26-27,29-30,34,38,46H,6-11,14,17,22-25,28,31-33,35-37,39-44H2,1-5H3/b13-12-,16-15-,19-18-,21-20-,29-26-,30-27-,38-34+/t46-/m1/s1. The van der Waals surface area contributed by atoms with Crippen LogP contribution in [0, 0.1) is 0 Å².